The Morgan fingerprint density at radius 2 is 1.55 bits per heavy atom. The molecule has 10 nitrogen and oxygen atoms in total. The van der Waals surface area contributed by atoms with E-state index >= 15 is 0 Å². The van der Waals surface area contributed by atoms with Crippen LogP contribution in [-0.2, 0) is 14.8 Å². The second-order valence-corrected chi connectivity index (χ2v) is 12.7. The summed E-state index contributed by atoms with van der Waals surface area (Å²) in [4.78, 5) is 38.4. The number of hydrogen-bond acceptors (Lipinski definition) is 8. The fourth-order valence-electron chi connectivity index (χ4n) is 4.13. The molecular weight excluding hydrogens is 607 g/mol. The maximum absolute atomic E-state index is 13.2. The Hall–Kier alpha value is -4.75. The number of nitrogens with one attached hydrogen (secondary N) is 2. The number of nitro groups is 1. The van der Waals surface area contributed by atoms with Crippen LogP contribution < -0.4 is 10.0 Å². The summed E-state index contributed by atoms with van der Waals surface area (Å²) in [6, 6.07) is 24.0. The molecular formula is C31H29FN4O6S2. The number of anilines is 1. The van der Waals surface area contributed by atoms with Gasteiger partial charge >= 0.3 is 0 Å². The van der Waals surface area contributed by atoms with E-state index in [1.807, 2.05) is 35.1 Å². The molecule has 228 valence electrons. The molecule has 13 heteroatoms. The fraction of sp³-hybridized carbons (Fsp3) is 0.161. The van der Waals surface area contributed by atoms with Gasteiger partial charge in [0.2, 0.25) is 5.91 Å². The largest absolute Gasteiger partial charge is 0.375 e. The highest BCUT2D eigenvalue weighted by atomic mass is 32.2. The first-order valence-electron chi connectivity index (χ1n) is 13.3. The molecule has 0 aliphatic rings. The number of hydrogen-bond donors (Lipinski definition) is 2. The zero-order valence-corrected chi connectivity index (χ0v) is 25.4. The molecule has 2 N–H and O–H groups in total. The molecule has 0 saturated carbocycles. The number of nitro benzene ring substituents is 1. The minimum absolute atomic E-state index is 0.0295. The Kier molecular flexibility index (Phi) is 10.3. The van der Waals surface area contributed by atoms with E-state index in [1.54, 1.807) is 38.4 Å². The van der Waals surface area contributed by atoms with Crippen LogP contribution in [0.4, 0.5) is 15.8 Å². The number of nitrogens with zero attached hydrogens (tertiary/aromatic N) is 2. The van der Waals surface area contributed by atoms with E-state index in [2.05, 4.69) is 5.32 Å². The highest BCUT2D eigenvalue weighted by molar-refractivity contribution is 7.99. The van der Waals surface area contributed by atoms with Crippen molar-refractivity contribution in [3.8, 4) is 11.1 Å². The van der Waals surface area contributed by atoms with Crippen molar-refractivity contribution in [1.82, 2.24) is 9.62 Å². The summed E-state index contributed by atoms with van der Waals surface area (Å²) in [5.41, 5.74) is 0.934. The molecule has 0 unspecified atom stereocenters. The lowest BCUT2D eigenvalue weighted by Gasteiger charge is -2.21. The second-order valence-electron chi connectivity index (χ2n) is 9.91. The summed E-state index contributed by atoms with van der Waals surface area (Å²) >= 11 is 1.47. The van der Waals surface area contributed by atoms with Crippen molar-refractivity contribution < 1.29 is 27.3 Å². The molecule has 0 bridgehead atoms. The summed E-state index contributed by atoms with van der Waals surface area (Å²) in [5, 5.41) is 15.0. The van der Waals surface area contributed by atoms with Crippen LogP contribution in [0.15, 0.2) is 107 Å². The highest BCUT2D eigenvalue weighted by Crippen LogP contribution is 2.30. The molecule has 0 radical (unpaired) electrons. The highest BCUT2D eigenvalue weighted by Gasteiger charge is 2.26. The van der Waals surface area contributed by atoms with Gasteiger partial charge in [0.1, 0.15) is 11.5 Å². The van der Waals surface area contributed by atoms with E-state index in [1.165, 1.54) is 47.0 Å². The van der Waals surface area contributed by atoms with Crippen LogP contribution in [0.25, 0.3) is 11.1 Å². The van der Waals surface area contributed by atoms with E-state index in [4.69, 9.17) is 0 Å². The molecule has 0 fully saturated rings. The van der Waals surface area contributed by atoms with Gasteiger partial charge in [-0.2, -0.15) is 0 Å². The van der Waals surface area contributed by atoms with E-state index in [-0.39, 0.29) is 29.4 Å². The van der Waals surface area contributed by atoms with Gasteiger partial charge in [-0.05, 0) is 59.7 Å². The quantitative estimate of drug-likeness (QED) is 0.117. The van der Waals surface area contributed by atoms with Crippen LogP contribution in [0, 0.1) is 15.9 Å². The van der Waals surface area contributed by atoms with Crippen molar-refractivity contribution in [2.75, 3.05) is 25.2 Å². The third-order valence-electron chi connectivity index (χ3n) is 6.50. The van der Waals surface area contributed by atoms with Crippen LogP contribution in [-0.4, -0.2) is 55.9 Å². The smallest absolute Gasteiger partial charge is 0.293 e. The van der Waals surface area contributed by atoms with Crippen LogP contribution in [0.1, 0.15) is 16.8 Å². The SMILES string of the molecule is CN(C)C(=O)C[C@H](CSc1ccccc1)Nc1ccc(S(=O)(=O)NC(=O)c2ccc(-c3ccc(F)cc3)cc2)cc1[N+](=O)[O-]. The molecule has 4 aromatic rings. The minimum Gasteiger partial charge on any atom is -0.375 e. The van der Waals surface area contributed by atoms with Crippen LogP contribution in [0.2, 0.25) is 0 Å². The summed E-state index contributed by atoms with van der Waals surface area (Å²) in [7, 11) is -1.27. The summed E-state index contributed by atoms with van der Waals surface area (Å²) in [5.74, 6) is -1.11. The first-order chi connectivity index (χ1) is 20.9. The van der Waals surface area contributed by atoms with E-state index in [9.17, 15) is 32.5 Å². The average Bonchev–Trinajstić information content (AvgIpc) is 3.00. The zero-order valence-electron chi connectivity index (χ0n) is 23.8. The van der Waals surface area contributed by atoms with Crippen LogP contribution >= 0.6 is 11.8 Å². The predicted molar refractivity (Wildman–Crippen MR) is 167 cm³/mol. The van der Waals surface area contributed by atoms with Gasteiger partial charge in [0.25, 0.3) is 21.6 Å². The predicted octanol–water partition coefficient (Wildman–Crippen LogP) is 5.57. The first-order valence-corrected chi connectivity index (χ1v) is 15.8. The second kappa shape index (κ2) is 14.1. The lowest BCUT2D eigenvalue weighted by atomic mass is 10.0. The number of sulfonamides is 1. The maximum atomic E-state index is 13.2. The molecule has 0 aliphatic carbocycles. The molecule has 2 amide bonds. The van der Waals surface area contributed by atoms with Gasteiger partial charge in [-0.15, -0.1) is 11.8 Å². The number of halogens is 1. The Morgan fingerprint density at radius 3 is 2.14 bits per heavy atom. The molecule has 0 saturated heterocycles. The molecule has 0 aliphatic heterocycles. The Labute approximate surface area is 258 Å². The molecule has 0 spiro atoms. The van der Waals surface area contributed by atoms with Crippen molar-refractivity contribution in [3.63, 3.8) is 0 Å². The molecule has 4 rings (SSSR count). The number of thioether (sulfide) groups is 1. The standard InChI is InChI=1S/C31H29FN4O6S2/c1-35(2)30(37)18-25(20-43-26-6-4-3-5-7-26)33-28-17-16-27(19-29(28)36(39)40)44(41,42)34-31(38)23-10-8-21(9-11-23)22-12-14-24(32)15-13-22/h3-17,19,25,33H,18,20H2,1-2H3,(H,34,38)/t25-/m1/s1. The minimum atomic E-state index is -4.49. The van der Waals surface area contributed by atoms with Gasteiger partial charge in [0.15, 0.2) is 0 Å². The van der Waals surface area contributed by atoms with Crippen LogP contribution in [0.3, 0.4) is 0 Å². The molecule has 44 heavy (non-hydrogen) atoms. The summed E-state index contributed by atoms with van der Waals surface area (Å²) in [6.07, 6.45) is 0.0417. The number of carbonyl (C=O) groups excluding carboxylic acids is 2. The van der Waals surface area contributed by atoms with Gasteiger partial charge in [0.05, 0.1) is 9.82 Å². The maximum Gasteiger partial charge on any atom is 0.293 e. The first kappa shape index (κ1) is 32.2. The summed E-state index contributed by atoms with van der Waals surface area (Å²) in [6.45, 7) is 0. The number of rotatable bonds is 12. The van der Waals surface area contributed by atoms with Gasteiger partial charge < -0.3 is 10.2 Å². The topological polar surface area (TPSA) is 139 Å². The number of carbonyl (C=O) groups is 2. The normalized spacial score (nSPS) is 11.8. The molecule has 4 aromatic carbocycles. The Morgan fingerprint density at radius 1 is 0.932 bits per heavy atom. The van der Waals surface area contributed by atoms with E-state index in [0.717, 1.165) is 17.0 Å². The number of benzene rings is 4. The fourth-order valence-corrected chi connectivity index (χ4v) is 6.06. The molecule has 0 aromatic heterocycles. The van der Waals surface area contributed by atoms with Crippen LogP contribution in [0.5, 0.6) is 0 Å². The molecule has 0 heterocycles. The Balaban J connectivity index is 1.52. The van der Waals surface area contributed by atoms with Crippen molar-refractivity contribution in [2.24, 2.45) is 0 Å². The van der Waals surface area contributed by atoms with Gasteiger partial charge in [-0.3, -0.25) is 19.7 Å². The third-order valence-corrected chi connectivity index (χ3v) is 9.00. The average molecular weight is 637 g/mol. The van der Waals surface area contributed by atoms with E-state index in [0.29, 0.717) is 16.9 Å². The zero-order chi connectivity index (χ0) is 31.9. The van der Waals surface area contributed by atoms with Gasteiger partial charge in [0, 0.05) is 48.8 Å². The summed E-state index contributed by atoms with van der Waals surface area (Å²) < 4.78 is 41.3. The lowest BCUT2D eigenvalue weighted by molar-refractivity contribution is -0.384. The van der Waals surface area contributed by atoms with E-state index < -0.39 is 37.5 Å². The lowest BCUT2D eigenvalue weighted by Crippen LogP contribution is -2.32. The van der Waals surface area contributed by atoms with Crippen molar-refractivity contribution in [2.45, 2.75) is 22.3 Å². The Bertz CT molecular complexity index is 1750. The monoisotopic (exact) mass is 636 g/mol. The third kappa shape index (κ3) is 8.42. The number of amides is 2. The van der Waals surface area contributed by atoms with Gasteiger partial charge in [-0.1, -0.05) is 42.5 Å². The van der Waals surface area contributed by atoms with Crippen molar-refractivity contribution in [3.05, 3.63) is 119 Å². The van der Waals surface area contributed by atoms with Crippen molar-refractivity contribution in [1.29, 1.82) is 0 Å². The van der Waals surface area contributed by atoms with Crippen molar-refractivity contribution >= 4 is 45.0 Å². The van der Waals surface area contributed by atoms with Gasteiger partial charge in [-0.25, -0.2) is 17.5 Å². The molecule has 1 atom stereocenters.